The fraction of sp³-hybridized carbons (Fsp3) is 0.500. The maximum atomic E-state index is 11.7. The van der Waals surface area contributed by atoms with Crippen LogP contribution >= 0.6 is 11.3 Å². The van der Waals surface area contributed by atoms with Crippen LogP contribution < -0.4 is 0 Å². The Morgan fingerprint density at radius 1 is 1.46 bits per heavy atom. The van der Waals surface area contributed by atoms with E-state index in [9.17, 15) is 4.79 Å². The van der Waals surface area contributed by atoms with Crippen LogP contribution in [0.1, 0.15) is 26.5 Å². The first-order chi connectivity index (χ1) is 6.18. The Kier molecular flexibility index (Phi) is 2.12. The zero-order valence-corrected chi connectivity index (χ0v) is 8.78. The summed E-state index contributed by atoms with van der Waals surface area (Å²) in [4.78, 5) is 15.8. The summed E-state index contributed by atoms with van der Waals surface area (Å²) >= 11 is 1.61. The third-order valence-corrected chi connectivity index (χ3v) is 3.66. The fourth-order valence-corrected chi connectivity index (χ4v) is 2.36. The zero-order valence-electron chi connectivity index (χ0n) is 7.96. The molecule has 1 fully saturated rings. The van der Waals surface area contributed by atoms with E-state index < -0.39 is 0 Å². The number of thiophene rings is 1. The summed E-state index contributed by atoms with van der Waals surface area (Å²) in [6, 6.07) is 2.00. The predicted octanol–water partition coefficient (Wildman–Crippen LogP) is 2.21. The average Bonchev–Trinajstić information content (AvgIpc) is 2.28. The summed E-state index contributed by atoms with van der Waals surface area (Å²) < 4.78 is 0. The standard InChI is InChI=1S/C10H13NOS/c1-7-6-9(13-8(7)2)10(12)11-4-3-5-11/h6H,3-5H2,1-2H3. The molecule has 0 radical (unpaired) electrons. The minimum atomic E-state index is 0.215. The molecular formula is C10H13NOS. The molecule has 0 N–H and O–H groups in total. The van der Waals surface area contributed by atoms with Crippen molar-refractivity contribution in [3.63, 3.8) is 0 Å². The van der Waals surface area contributed by atoms with E-state index in [2.05, 4.69) is 13.8 Å². The second kappa shape index (κ2) is 3.14. The SMILES string of the molecule is Cc1cc(C(=O)N2CCC2)sc1C. The lowest BCUT2D eigenvalue weighted by Crippen LogP contribution is -2.41. The molecule has 2 heterocycles. The van der Waals surface area contributed by atoms with Gasteiger partial charge in [0.05, 0.1) is 4.88 Å². The van der Waals surface area contributed by atoms with Crippen LogP contribution in [-0.4, -0.2) is 23.9 Å². The lowest BCUT2D eigenvalue weighted by Gasteiger charge is -2.30. The Labute approximate surface area is 82.2 Å². The van der Waals surface area contributed by atoms with Gasteiger partial charge in [0.15, 0.2) is 0 Å². The number of aryl methyl sites for hydroxylation is 2. The van der Waals surface area contributed by atoms with Crippen LogP contribution in [0.15, 0.2) is 6.07 Å². The number of carbonyl (C=O) groups is 1. The van der Waals surface area contributed by atoms with E-state index in [1.165, 1.54) is 10.4 Å². The highest BCUT2D eigenvalue weighted by Gasteiger charge is 2.22. The molecule has 0 bridgehead atoms. The van der Waals surface area contributed by atoms with Crippen LogP contribution in [0.2, 0.25) is 0 Å². The van der Waals surface area contributed by atoms with Crippen molar-refractivity contribution < 1.29 is 4.79 Å². The molecule has 0 aliphatic carbocycles. The van der Waals surface area contributed by atoms with Gasteiger partial charge < -0.3 is 4.90 Å². The summed E-state index contributed by atoms with van der Waals surface area (Å²) in [5, 5.41) is 0. The third-order valence-electron chi connectivity index (χ3n) is 2.52. The molecule has 1 saturated heterocycles. The Bertz CT molecular complexity index is 319. The summed E-state index contributed by atoms with van der Waals surface area (Å²) in [7, 11) is 0. The second-order valence-corrected chi connectivity index (χ2v) is 4.75. The Morgan fingerprint density at radius 3 is 2.54 bits per heavy atom. The molecule has 1 aromatic rings. The van der Waals surface area contributed by atoms with Crippen molar-refractivity contribution in [3.8, 4) is 0 Å². The smallest absolute Gasteiger partial charge is 0.263 e. The normalized spacial score (nSPS) is 15.7. The molecule has 1 amide bonds. The van der Waals surface area contributed by atoms with Crippen LogP contribution in [0.5, 0.6) is 0 Å². The van der Waals surface area contributed by atoms with Gasteiger partial charge in [0.25, 0.3) is 5.91 Å². The zero-order chi connectivity index (χ0) is 9.42. The molecule has 0 unspecified atom stereocenters. The molecule has 0 atom stereocenters. The molecule has 1 aliphatic rings. The van der Waals surface area contributed by atoms with Crippen molar-refractivity contribution in [1.82, 2.24) is 4.90 Å². The monoisotopic (exact) mass is 195 g/mol. The number of hydrogen-bond acceptors (Lipinski definition) is 2. The minimum Gasteiger partial charge on any atom is -0.338 e. The van der Waals surface area contributed by atoms with Crippen LogP contribution in [0, 0.1) is 13.8 Å². The molecular weight excluding hydrogens is 182 g/mol. The topological polar surface area (TPSA) is 20.3 Å². The van der Waals surface area contributed by atoms with Crippen molar-refractivity contribution in [2.24, 2.45) is 0 Å². The lowest BCUT2D eigenvalue weighted by atomic mass is 10.2. The van der Waals surface area contributed by atoms with Gasteiger partial charge in [-0.1, -0.05) is 0 Å². The Balaban J connectivity index is 2.19. The second-order valence-electron chi connectivity index (χ2n) is 3.50. The average molecular weight is 195 g/mol. The third kappa shape index (κ3) is 1.48. The van der Waals surface area contributed by atoms with Crippen molar-refractivity contribution in [2.45, 2.75) is 20.3 Å². The summed E-state index contributed by atoms with van der Waals surface area (Å²) in [6.45, 7) is 6.00. The first-order valence-corrected chi connectivity index (χ1v) is 5.36. The van der Waals surface area contributed by atoms with E-state index in [0.717, 1.165) is 24.4 Å². The molecule has 70 valence electrons. The van der Waals surface area contributed by atoms with Gasteiger partial charge in [-0.15, -0.1) is 11.3 Å². The molecule has 3 heteroatoms. The van der Waals surface area contributed by atoms with Gasteiger partial charge in [-0.2, -0.15) is 0 Å². The molecule has 1 aliphatic heterocycles. The van der Waals surface area contributed by atoms with Gasteiger partial charge in [0.1, 0.15) is 0 Å². The Hall–Kier alpha value is -0.830. The van der Waals surface area contributed by atoms with Crippen molar-refractivity contribution in [1.29, 1.82) is 0 Å². The van der Waals surface area contributed by atoms with E-state index in [0.29, 0.717) is 0 Å². The summed E-state index contributed by atoms with van der Waals surface area (Å²) in [5.74, 6) is 0.215. The predicted molar refractivity (Wildman–Crippen MR) is 54.3 cm³/mol. The van der Waals surface area contributed by atoms with Crippen molar-refractivity contribution in [2.75, 3.05) is 13.1 Å². The molecule has 0 spiro atoms. The molecule has 1 aromatic heterocycles. The minimum absolute atomic E-state index is 0.215. The van der Waals surface area contributed by atoms with Gasteiger partial charge >= 0.3 is 0 Å². The number of rotatable bonds is 1. The van der Waals surface area contributed by atoms with E-state index in [1.807, 2.05) is 11.0 Å². The highest BCUT2D eigenvalue weighted by atomic mass is 32.1. The van der Waals surface area contributed by atoms with Crippen molar-refractivity contribution in [3.05, 3.63) is 21.4 Å². The number of likely N-dealkylation sites (tertiary alicyclic amines) is 1. The first-order valence-electron chi connectivity index (χ1n) is 4.55. The maximum absolute atomic E-state index is 11.7. The number of carbonyl (C=O) groups excluding carboxylic acids is 1. The van der Waals surface area contributed by atoms with Crippen LogP contribution in [-0.2, 0) is 0 Å². The van der Waals surface area contributed by atoms with Gasteiger partial charge in [-0.05, 0) is 31.9 Å². The summed E-state index contributed by atoms with van der Waals surface area (Å²) in [6.07, 6.45) is 1.16. The van der Waals surface area contributed by atoms with Gasteiger partial charge in [-0.25, -0.2) is 0 Å². The van der Waals surface area contributed by atoms with E-state index in [1.54, 1.807) is 11.3 Å². The van der Waals surface area contributed by atoms with Crippen molar-refractivity contribution >= 4 is 17.2 Å². The number of amides is 1. The van der Waals surface area contributed by atoms with Gasteiger partial charge in [-0.3, -0.25) is 4.79 Å². The van der Waals surface area contributed by atoms with E-state index in [4.69, 9.17) is 0 Å². The molecule has 0 aromatic carbocycles. The molecule has 0 saturated carbocycles. The number of hydrogen-bond donors (Lipinski definition) is 0. The lowest BCUT2D eigenvalue weighted by molar-refractivity contribution is 0.0657. The van der Waals surface area contributed by atoms with Gasteiger partial charge in [0.2, 0.25) is 0 Å². The largest absolute Gasteiger partial charge is 0.338 e. The van der Waals surface area contributed by atoms with Crippen LogP contribution in [0.25, 0.3) is 0 Å². The maximum Gasteiger partial charge on any atom is 0.263 e. The highest BCUT2D eigenvalue weighted by molar-refractivity contribution is 7.14. The quantitative estimate of drug-likeness (QED) is 0.672. The first kappa shape index (κ1) is 8.75. The van der Waals surface area contributed by atoms with Crippen LogP contribution in [0.4, 0.5) is 0 Å². The molecule has 13 heavy (non-hydrogen) atoms. The van der Waals surface area contributed by atoms with Crippen LogP contribution in [0.3, 0.4) is 0 Å². The highest BCUT2D eigenvalue weighted by Crippen LogP contribution is 2.23. The van der Waals surface area contributed by atoms with Gasteiger partial charge in [0, 0.05) is 18.0 Å². The Morgan fingerprint density at radius 2 is 2.15 bits per heavy atom. The summed E-state index contributed by atoms with van der Waals surface area (Å²) in [5.41, 5.74) is 1.23. The molecule has 2 nitrogen and oxygen atoms in total. The molecule has 2 rings (SSSR count). The fourth-order valence-electron chi connectivity index (χ4n) is 1.35. The number of nitrogens with zero attached hydrogens (tertiary/aromatic N) is 1. The van der Waals surface area contributed by atoms with E-state index in [-0.39, 0.29) is 5.91 Å². The van der Waals surface area contributed by atoms with E-state index >= 15 is 0 Å².